The van der Waals surface area contributed by atoms with Crippen LogP contribution < -0.4 is 5.32 Å². The van der Waals surface area contributed by atoms with Gasteiger partial charge in [0.2, 0.25) is 0 Å². The van der Waals surface area contributed by atoms with Crippen molar-refractivity contribution in [1.29, 1.82) is 0 Å². The van der Waals surface area contributed by atoms with Crippen molar-refractivity contribution >= 4 is 69.4 Å². The Labute approximate surface area is 181 Å². The van der Waals surface area contributed by atoms with Crippen LogP contribution in [0.3, 0.4) is 0 Å². The fourth-order valence-electron chi connectivity index (χ4n) is 2.58. The molecule has 148 valence electrons. The molecule has 11 heteroatoms. The number of carbonyl (C=O) groups is 1. The van der Waals surface area contributed by atoms with Gasteiger partial charge in [0.1, 0.15) is 5.76 Å². The third-order valence-electron chi connectivity index (χ3n) is 3.85. The predicted octanol–water partition coefficient (Wildman–Crippen LogP) is 5.28. The van der Waals surface area contributed by atoms with Crippen LogP contribution >= 0.6 is 47.2 Å². The maximum Gasteiger partial charge on any atom is 0.347 e. The first-order valence-electron chi connectivity index (χ1n) is 8.03. The van der Waals surface area contributed by atoms with E-state index in [1.54, 1.807) is 24.3 Å². The van der Waals surface area contributed by atoms with Gasteiger partial charge < -0.3 is 9.73 Å². The molecule has 28 heavy (non-hydrogen) atoms. The average Bonchev–Trinajstić information content (AvgIpc) is 3.21. The van der Waals surface area contributed by atoms with Gasteiger partial charge in [-0.25, -0.2) is 9.80 Å². The number of benzene rings is 1. The number of thioether (sulfide) groups is 1. The number of hydrogen-bond acceptors (Lipinski definition) is 6. The Morgan fingerprint density at radius 3 is 2.82 bits per heavy atom. The molecular weight excluding hydrogens is 443 g/mol. The minimum absolute atomic E-state index is 0.284. The highest BCUT2D eigenvalue weighted by atomic mass is 35.5. The summed E-state index contributed by atoms with van der Waals surface area (Å²) in [7, 11) is 0. The van der Waals surface area contributed by atoms with Crippen molar-refractivity contribution in [3.05, 3.63) is 52.4 Å². The fourth-order valence-corrected chi connectivity index (χ4v) is 4.66. The molecule has 2 heterocycles. The zero-order chi connectivity index (χ0) is 20.5. The van der Waals surface area contributed by atoms with Crippen LogP contribution in [0.5, 0.6) is 0 Å². The highest BCUT2D eigenvalue weighted by molar-refractivity contribution is 8.24. The summed E-state index contributed by atoms with van der Waals surface area (Å²) in [6.45, 7) is 3.71. The van der Waals surface area contributed by atoms with Crippen LogP contribution in [0.1, 0.15) is 19.6 Å². The molecule has 0 unspecified atom stereocenters. The zero-order valence-corrected chi connectivity index (χ0v) is 17.9. The van der Waals surface area contributed by atoms with E-state index >= 15 is 0 Å². The topological polar surface area (TPSA) is 81.3 Å². The molecule has 1 saturated heterocycles. The quantitative estimate of drug-likeness (QED) is 0.280. The number of hydrogen-bond donors (Lipinski definition) is 2. The number of urea groups is 1. The van der Waals surface area contributed by atoms with Crippen molar-refractivity contribution < 1.29 is 14.4 Å². The van der Waals surface area contributed by atoms with Gasteiger partial charge in [-0.1, -0.05) is 47.2 Å². The Morgan fingerprint density at radius 2 is 2.18 bits per heavy atom. The van der Waals surface area contributed by atoms with Gasteiger partial charge in [0.05, 0.1) is 27.3 Å². The third-order valence-corrected chi connectivity index (χ3v) is 6.13. The van der Waals surface area contributed by atoms with Crippen LogP contribution in [0.4, 0.5) is 10.5 Å². The smallest absolute Gasteiger partial charge is 0.347 e. The Hall–Kier alpha value is -1.78. The number of amides is 2. The molecule has 1 aromatic carbocycles. The summed E-state index contributed by atoms with van der Waals surface area (Å²) in [5, 5.41) is 20.1. The Kier molecular flexibility index (Phi) is 6.21. The molecule has 3 rings (SSSR count). The summed E-state index contributed by atoms with van der Waals surface area (Å²) in [5.74, 6) is 0.515. The van der Waals surface area contributed by atoms with Crippen molar-refractivity contribution in [1.82, 2.24) is 10.1 Å². The third kappa shape index (κ3) is 4.44. The molecule has 1 fully saturated rings. The van der Waals surface area contributed by atoms with E-state index in [1.807, 2.05) is 13.8 Å². The van der Waals surface area contributed by atoms with E-state index in [4.69, 9.17) is 39.8 Å². The second-order valence-corrected chi connectivity index (χ2v) is 9.46. The molecule has 0 radical (unpaired) electrons. The van der Waals surface area contributed by atoms with Crippen LogP contribution in [0, 0.1) is 0 Å². The number of hydrazone groups is 1. The lowest BCUT2D eigenvalue weighted by Gasteiger charge is -2.34. The normalized spacial score (nSPS) is 18.7. The number of carbonyl (C=O) groups excluding carboxylic acids is 1. The molecule has 1 aromatic heterocycles. The molecule has 7 nitrogen and oxygen atoms in total. The van der Waals surface area contributed by atoms with Gasteiger partial charge >= 0.3 is 6.03 Å². The summed E-state index contributed by atoms with van der Waals surface area (Å²) in [6, 6.07) is 7.30. The van der Waals surface area contributed by atoms with Crippen molar-refractivity contribution in [2.45, 2.75) is 24.8 Å². The lowest BCUT2D eigenvalue weighted by atomic mass is 10.1. The number of thiocarbonyl (C=S) groups is 1. The van der Waals surface area contributed by atoms with E-state index < -0.39 is 16.9 Å². The van der Waals surface area contributed by atoms with Crippen molar-refractivity contribution in [3.63, 3.8) is 0 Å². The molecule has 1 aliphatic heterocycles. The molecule has 2 amide bonds. The Bertz CT molecular complexity index is 921. The molecular formula is C17H16Cl2N4O3S2. The summed E-state index contributed by atoms with van der Waals surface area (Å²) in [6.07, 6.45) is 2.13. The van der Waals surface area contributed by atoms with Crippen LogP contribution in [0.25, 0.3) is 0 Å². The van der Waals surface area contributed by atoms with Crippen molar-refractivity contribution in [2.75, 3.05) is 5.32 Å². The molecule has 1 atom stereocenters. The van der Waals surface area contributed by atoms with Gasteiger partial charge in [-0.15, -0.1) is 0 Å². The summed E-state index contributed by atoms with van der Waals surface area (Å²) in [4.78, 5) is 12.6. The number of nitrogens with one attached hydrogen (secondary N) is 1. The lowest BCUT2D eigenvalue weighted by molar-refractivity contribution is -0.114. The summed E-state index contributed by atoms with van der Waals surface area (Å²) >= 11 is 18.5. The Balaban J connectivity index is 1.81. The van der Waals surface area contributed by atoms with Gasteiger partial charge in [0, 0.05) is 5.69 Å². The predicted molar refractivity (Wildman–Crippen MR) is 115 cm³/mol. The number of rotatable bonds is 4. The van der Waals surface area contributed by atoms with Crippen LogP contribution in [-0.2, 0) is 0 Å². The van der Waals surface area contributed by atoms with Crippen molar-refractivity contribution in [3.8, 4) is 0 Å². The van der Waals surface area contributed by atoms with Gasteiger partial charge in [-0.05, 0) is 44.2 Å². The number of hydroxylamine groups is 2. The molecule has 2 aromatic rings. The first kappa shape index (κ1) is 20.9. The van der Waals surface area contributed by atoms with Crippen LogP contribution in [-0.4, -0.2) is 42.8 Å². The minimum atomic E-state index is -0.848. The fraction of sp³-hybridized carbons (Fsp3) is 0.235. The van der Waals surface area contributed by atoms with Crippen molar-refractivity contribution in [2.24, 2.45) is 5.10 Å². The molecule has 1 aliphatic rings. The molecule has 0 spiro atoms. The Morgan fingerprint density at radius 1 is 1.43 bits per heavy atom. The first-order chi connectivity index (χ1) is 13.2. The number of nitrogens with zero attached hydrogens (tertiary/aromatic N) is 3. The van der Waals surface area contributed by atoms with Gasteiger partial charge in [0.15, 0.2) is 10.5 Å². The minimum Gasteiger partial charge on any atom is -0.463 e. The number of anilines is 1. The highest BCUT2D eigenvalue weighted by Gasteiger charge is 2.50. The maximum atomic E-state index is 12.6. The zero-order valence-electron chi connectivity index (χ0n) is 14.8. The number of furan rings is 1. The number of halogens is 2. The maximum absolute atomic E-state index is 12.6. The summed E-state index contributed by atoms with van der Waals surface area (Å²) < 4.78 is 5.01. The van der Waals surface area contributed by atoms with Gasteiger partial charge in [-0.2, -0.15) is 10.2 Å². The van der Waals surface area contributed by atoms with Gasteiger partial charge in [0.25, 0.3) is 0 Å². The van der Waals surface area contributed by atoms with E-state index in [2.05, 4.69) is 10.4 Å². The van der Waals surface area contributed by atoms with Gasteiger partial charge in [-0.3, -0.25) is 5.21 Å². The van der Waals surface area contributed by atoms with E-state index in [0.717, 1.165) is 0 Å². The average molecular weight is 459 g/mol. The molecule has 2 N–H and O–H groups in total. The molecule has 0 aliphatic carbocycles. The van der Waals surface area contributed by atoms with Crippen LogP contribution in [0.15, 0.2) is 46.1 Å². The van der Waals surface area contributed by atoms with E-state index in [1.165, 1.54) is 35.3 Å². The second-order valence-electron chi connectivity index (χ2n) is 6.35. The highest BCUT2D eigenvalue weighted by Crippen LogP contribution is 2.42. The first-order valence-corrected chi connectivity index (χ1v) is 10.0. The monoisotopic (exact) mass is 458 g/mol. The largest absolute Gasteiger partial charge is 0.463 e. The molecule has 0 saturated carbocycles. The molecule has 0 bridgehead atoms. The van der Waals surface area contributed by atoms with E-state index in [-0.39, 0.29) is 5.02 Å². The second kappa shape index (κ2) is 8.30. The summed E-state index contributed by atoms with van der Waals surface area (Å²) in [5.41, 5.74) is 0.384. The van der Waals surface area contributed by atoms with Crippen LogP contribution in [0.2, 0.25) is 10.0 Å². The SMILES string of the molecule is CC1(C)SC(=S)N(/N=C\c2ccco2)[C@@H]1N(O)C(=O)Nc1ccc(Cl)c(Cl)c1. The van der Waals surface area contributed by atoms with E-state index in [9.17, 15) is 10.0 Å². The van der Waals surface area contributed by atoms with E-state index in [0.29, 0.717) is 25.9 Å². The standard InChI is InChI=1S/C17H16Cl2N4O3S2/c1-17(2)14(22(16(27)28-17)20-9-11-4-3-7-26-11)23(25)15(24)21-10-5-6-12(18)13(19)8-10/h3-9,14,25H,1-2H3,(H,21,24)/b20-9-/t14-/m1/s1. The lowest BCUT2D eigenvalue weighted by Crippen LogP contribution is -2.54.